The van der Waals surface area contributed by atoms with Gasteiger partial charge in [-0.2, -0.15) is 0 Å². The first kappa shape index (κ1) is 17.7. The Balaban J connectivity index is 1.37. The van der Waals surface area contributed by atoms with Crippen LogP contribution >= 0.6 is 11.6 Å². The third-order valence-corrected chi connectivity index (χ3v) is 4.36. The highest BCUT2D eigenvalue weighted by molar-refractivity contribution is 6.30. The highest BCUT2D eigenvalue weighted by Crippen LogP contribution is 2.15. The first-order chi connectivity index (χ1) is 12.1. The van der Waals surface area contributed by atoms with Gasteiger partial charge in [0.25, 0.3) is 5.91 Å². The van der Waals surface area contributed by atoms with Crippen molar-refractivity contribution in [3.8, 4) is 5.75 Å². The molecule has 0 unspecified atom stereocenters. The van der Waals surface area contributed by atoms with Gasteiger partial charge in [0.05, 0.1) is 0 Å². The van der Waals surface area contributed by atoms with E-state index in [1.54, 1.807) is 31.2 Å². The molecular formula is C17H21ClN4O3. The van der Waals surface area contributed by atoms with E-state index in [1.807, 2.05) is 4.90 Å². The molecule has 1 fully saturated rings. The Kier molecular flexibility index (Phi) is 5.88. The molecule has 0 saturated carbocycles. The van der Waals surface area contributed by atoms with E-state index in [9.17, 15) is 4.79 Å². The molecule has 134 valence electrons. The van der Waals surface area contributed by atoms with Crippen LogP contribution in [0.3, 0.4) is 0 Å². The Morgan fingerprint density at radius 3 is 2.56 bits per heavy atom. The Morgan fingerprint density at radius 2 is 1.92 bits per heavy atom. The van der Waals surface area contributed by atoms with E-state index < -0.39 is 0 Å². The molecule has 0 spiro atoms. The number of aryl methyl sites for hydroxylation is 1. The number of benzene rings is 1. The van der Waals surface area contributed by atoms with Crippen LogP contribution in [0.15, 0.2) is 28.7 Å². The Bertz CT molecular complexity index is 696. The van der Waals surface area contributed by atoms with Gasteiger partial charge in [0.15, 0.2) is 6.61 Å². The minimum Gasteiger partial charge on any atom is -0.484 e. The molecule has 1 saturated heterocycles. The average molecular weight is 365 g/mol. The lowest BCUT2D eigenvalue weighted by molar-refractivity contribution is -0.135. The number of ether oxygens (including phenoxy) is 1. The number of carbonyl (C=O) groups is 1. The van der Waals surface area contributed by atoms with Crippen LogP contribution in [-0.4, -0.2) is 65.2 Å². The molecule has 7 nitrogen and oxygen atoms in total. The molecule has 0 aliphatic carbocycles. The first-order valence-electron chi connectivity index (χ1n) is 8.27. The van der Waals surface area contributed by atoms with Crippen molar-refractivity contribution >= 4 is 17.5 Å². The average Bonchev–Trinajstić information content (AvgIpc) is 3.05. The van der Waals surface area contributed by atoms with E-state index >= 15 is 0 Å². The van der Waals surface area contributed by atoms with Gasteiger partial charge in [-0.1, -0.05) is 11.6 Å². The van der Waals surface area contributed by atoms with E-state index in [4.69, 9.17) is 20.8 Å². The van der Waals surface area contributed by atoms with Gasteiger partial charge in [-0.25, -0.2) is 0 Å². The molecule has 2 heterocycles. The van der Waals surface area contributed by atoms with Crippen molar-refractivity contribution in [3.63, 3.8) is 0 Å². The first-order valence-corrected chi connectivity index (χ1v) is 8.65. The molecule has 2 aromatic rings. The summed E-state index contributed by atoms with van der Waals surface area (Å²) < 4.78 is 10.9. The lowest BCUT2D eigenvalue weighted by atomic mass is 10.3. The number of halogens is 1. The van der Waals surface area contributed by atoms with E-state index in [2.05, 4.69) is 15.1 Å². The third kappa shape index (κ3) is 5.17. The van der Waals surface area contributed by atoms with Gasteiger partial charge < -0.3 is 14.1 Å². The second-order valence-electron chi connectivity index (χ2n) is 5.93. The van der Waals surface area contributed by atoms with Crippen molar-refractivity contribution < 1.29 is 13.9 Å². The summed E-state index contributed by atoms with van der Waals surface area (Å²) in [7, 11) is 0. The fourth-order valence-electron chi connectivity index (χ4n) is 2.68. The van der Waals surface area contributed by atoms with Crippen LogP contribution in [0, 0.1) is 6.92 Å². The number of hydrogen-bond donors (Lipinski definition) is 0. The number of hydrogen-bond acceptors (Lipinski definition) is 6. The summed E-state index contributed by atoms with van der Waals surface area (Å²) in [5.74, 6) is 1.90. The smallest absolute Gasteiger partial charge is 0.260 e. The van der Waals surface area contributed by atoms with E-state index in [-0.39, 0.29) is 12.5 Å². The molecule has 8 heteroatoms. The van der Waals surface area contributed by atoms with Crippen molar-refractivity contribution in [3.05, 3.63) is 41.1 Å². The van der Waals surface area contributed by atoms with Gasteiger partial charge in [-0.3, -0.25) is 9.69 Å². The van der Waals surface area contributed by atoms with Gasteiger partial charge in [-0.05, 0) is 24.3 Å². The summed E-state index contributed by atoms with van der Waals surface area (Å²) in [4.78, 5) is 16.4. The van der Waals surface area contributed by atoms with Crippen molar-refractivity contribution in [2.75, 3.05) is 39.3 Å². The van der Waals surface area contributed by atoms with Gasteiger partial charge in [0.2, 0.25) is 11.8 Å². The fraction of sp³-hybridized carbons (Fsp3) is 0.471. The summed E-state index contributed by atoms with van der Waals surface area (Å²) in [6, 6.07) is 7.00. The molecule has 0 N–H and O–H groups in total. The number of carbonyl (C=O) groups excluding carboxylic acids is 1. The Hall–Kier alpha value is -2.12. The minimum atomic E-state index is 0.00197. The van der Waals surface area contributed by atoms with Crippen LogP contribution in [0.2, 0.25) is 5.02 Å². The quantitative estimate of drug-likeness (QED) is 0.778. The summed E-state index contributed by atoms with van der Waals surface area (Å²) in [6.45, 7) is 5.75. The normalized spacial score (nSPS) is 15.4. The zero-order valence-corrected chi connectivity index (χ0v) is 14.9. The molecule has 0 atom stereocenters. The van der Waals surface area contributed by atoms with Crippen molar-refractivity contribution in [1.82, 2.24) is 20.0 Å². The number of rotatable bonds is 6. The summed E-state index contributed by atoms with van der Waals surface area (Å²) >= 11 is 5.83. The molecule has 1 aliphatic rings. The predicted molar refractivity (Wildman–Crippen MR) is 92.7 cm³/mol. The third-order valence-electron chi connectivity index (χ3n) is 4.11. The van der Waals surface area contributed by atoms with Gasteiger partial charge in [0.1, 0.15) is 5.75 Å². The van der Waals surface area contributed by atoms with E-state index in [1.165, 1.54) is 0 Å². The van der Waals surface area contributed by atoms with E-state index in [0.29, 0.717) is 35.6 Å². The van der Waals surface area contributed by atoms with Crippen molar-refractivity contribution in [2.45, 2.75) is 13.3 Å². The number of nitrogens with zero attached hydrogens (tertiary/aromatic N) is 4. The molecular weight excluding hydrogens is 344 g/mol. The van der Waals surface area contributed by atoms with Crippen molar-refractivity contribution in [1.29, 1.82) is 0 Å². The zero-order chi connectivity index (χ0) is 17.6. The van der Waals surface area contributed by atoms with E-state index in [0.717, 1.165) is 26.1 Å². The number of aromatic nitrogens is 2. The molecule has 0 bridgehead atoms. The molecule has 25 heavy (non-hydrogen) atoms. The lowest BCUT2D eigenvalue weighted by Gasteiger charge is -2.34. The highest BCUT2D eigenvalue weighted by atomic mass is 35.5. The maximum absolute atomic E-state index is 12.3. The highest BCUT2D eigenvalue weighted by Gasteiger charge is 2.21. The van der Waals surface area contributed by atoms with Crippen molar-refractivity contribution in [2.24, 2.45) is 0 Å². The van der Waals surface area contributed by atoms with Crippen LogP contribution in [0.1, 0.15) is 11.8 Å². The Morgan fingerprint density at radius 1 is 1.20 bits per heavy atom. The van der Waals surface area contributed by atoms with Crippen LogP contribution in [0.5, 0.6) is 5.75 Å². The fourth-order valence-corrected chi connectivity index (χ4v) is 2.81. The standard InChI is InChI=1S/C17H21ClN4O3/c1-13-19-20-16(25-13)6-7-21-8-10-22(11-9-21)17(23)12-24-15-4-2-14(18)3-5-15/h2-5H,6-12H2,1H3. The van der Waals surface area contributed by atoms with Crippen LogP contribution in [0.25, 0.3) is 0 Å². The molecule has 1 aromatic carbocycles. The van der Waals surface area contributed by atoms with Gasteiger partial charge >= 0.3 is 0 Å². The topological polar surface area (TPSA) is 71.7 Å². The largest absolute Gasteiger partial charge is 0.484 e. The number of piperazine rings is 1. The SMILES string of the molecule is Cc1nnc(CCN2CCN(C(=O)COc3ccc(Cl)cc3)CC2)o1. The molecule has 1 aromatic heterocycles. The van der Waals surface area contributed by atoms with Crippen LogP contribution in [0.4, 0.5) is 0 Å². The second-order valence-corrected chi connectivity index (χ2v) is 6.37. The molecule has 0 radical (unpaired) electrons. The summed E-state index contributed by atoms with van der Waals surface area (Å²) in [5, 5.41) is 8.47. The molecule has 3 rings (SSSR count). The zero-order valence-electron chi connectivity index (χ0n) is 14.2. The summed E-state index contributed by atoms with van der Waals surface area (Å²) in [5.41, 5.74) is 0. The number of amides is 1. The van der Waals surface area contributed by atoms with Gasteiger partial charge in [-0.15, -0.1) is 10.2 Å². The second kappa shape index (κ2) is 8.31. The lowest BCUT2D eigenvalue weighted by Crippen LogP contribution is -2.50. The predicted octanol–water partition coefficient (Wildman–Crippen LogP) is 1.80. The maximum atomic E-state index is 12.3. The van der Waals surface area contributed by atoms with Crippen LogP contribution in [-0.2, 0) is 11.2 Å². The summed E-state index contributed by atoms with van der Waals surface area (Å²) in [6.07, 6.45) is 0.731. The maximum Gasteiger partial charge on any atom is 0.260 e. The Labute approximate surface area is 151 Å². The molecule has 1 aliphatic heterocycles. The minimum absolute atomic E-state index is 0.00197. The van der Waals surface area contributed by atoms with Gasteiger partial charge in [0, 0.05) is 51.1 Å². The monoisotopic (exact) mass is 364 g/mol. The molecule has 1 amide bonds. The van der Waals surface area contributed by atoms with Crippen LogP contribution < -0.4 is 4.74 Å².